The van der Waals surface area contributed by atoms with E-state index in [1.165, 1.54) is 13.1 Å². The summed E-state index contributed by atoms with van der Waals surface area (Å²) in [7, 11) is 1.51. The third-order valence-electron chi connectivity index (χ3n) is 3.96. The van der Waals surface area contributed by atoms with Gasteiger partial charge in [-0.2, -0.15) is 0 Å². The van der Waals surface area contributed by atoms with E-state index in [9.17, 15) is 9.59 Å². The lowest BCUT2D eigenvalue weighted by Crippen LogP contribution is -2.23. The Morgan fingerprint density at radius 3 is 2.59 bits per heavy atom. The number of amides is 2. The maximum atomic E-state index is 12.9. The summed E-state index contributed by atoms with van der Waals surface area (Å²) in [5.41, 5.74) is 1.67. The van der Waals surface area contributed by atoms with Crippen molar-refractivity contribution in [3.05, 3.63) is 75.7 Å². The topological polar surface area (TPSA) is 76.0 Å². The van der Waals surface area contributed by atoms with Crippen molar-refractivity contribution in [3.8, 4) is 5.82 Å². The Morgan fingerprint density at radius 1 is 1.11 bits per heavy atom. The van der Waals surface area contributed by atoms with Crippen LogP contribution >= 0.6 is 23.2 Å². The summed E-state index contributed by atoms with van der Waals surface area (Å²) in [6, 6.07) is 9.95. The zero-order valence-electron chi connectivity index (χ0n) is 14.6. The van der Waals surface area contributed by atoms with Crippen molar-refractivity contribution in [2.24, 2.45) is 0 Å². The maximum absolute atomic E-state index is 12.9. The molecule has 27 heavy (non-hydrogen) atoms. The van der Waals surface area contributed by atoms with Gasteiger partial charge in [-0.05, 0) is 48.9 Å². The van der Waals surface area contributed by atoms with Gasteiger partial charge in [-0.1, -0.05) is 23.2 Å². The molecule has 0 radical (unpaired) electrons. The molecule has 3 rings (SSSR count). The molecule has 138 valence electrons. The van der Waals surface area contributed by atoms with E-state index in [1.54, 1.807) is 54.2 Å². The molecule has 0 atom stereocenters. The van der Waals surface area contributed by atoms with Crippen molar-refractivity contribution in [3.63, 3.8) is 0 Å². The van der Waals surface area contributed by atoms with E-state index in [0.717, 1.165) is 0 Å². The summed E-state index contributed by atoms with van der Waals surface area (Å²) in [6.45, 7) is 1.77. The van der Waals surface area contributed by atoms with Gasteiger partial charge in [0.2, 0.25) is 0 Å². The molecule has 8 heteroatoms. The van der Waals surface area contributed by atoms with E-state index >= 15 is 0 Å². The highest BCUT2D eigenvalue weighted by atomic mass is 35.5. The van der Waals surface area contributed by atoms with Crippen LogP contribution < -0.4 is 10.6 Å². The van der Waals surface area contributed by atoms with Crippen LogP contribution in [0.1, 0.15) is 26.4 Å². The monoisotopic (exact) mass is 402 g/mol. The lowest BCUT2D eigenvalue weighted by atomic mass is 10.1. The Bertz CT molecular complexity index is 1030. The number of aromatic nitrogens is 2. The maximum Gasteiger partial charge on any atom is 0.272 e. The number of hydrogen-bond acceptors (Lipinski definition) is 3. The summed E-state index contributed by atoms with van der Waals surface area (Å²) < 4.78 is 1.59. The first-order chi connectivity index (χ1) is 12.9. The molecule has 6 nitrogen and oxygen atoms in total. The molecule has 0 bridgehead atoms. The number of carbonyl (C=O) groups is 2. The van der Waals surface area contributed by atoms with Gasteiger partial charge in [0.15, 0.2) is 5.82 Å². The molecule has 2 N–H and O–H groups in total. The molecule has 0 aliphatic heterocycles. The number of nitrogens with zero attached hydrogens (tertiary/aromatic N) is 2. The van der Waals surface area contributed by atoms with E-state index in [2.05, 4.69) is 15.6 Å². The van der Waals surface area contributed by atoms with Crippen LogP contribution in [0.25, 0.3) is 5.82 Å². The fraction of sp³-hybridized carbons (Fsp3) is 0.105. The van der Waals surface area contributed by atoms with E-state index in [1.807, 2.05) is 0 Å². The second-order valence-corrected chi connectivity index (χ2v) is 6.59. The Hall–Kier alpha value is -2.83. The first kappa shape index (κ1) is 18.9. The third-order valence-corrected chi connectivity index (χ3v) is 4.47. The van der Waals surface area contributed by atoms with Crippen molar-refractivity contribution in [2.45, 2.75) is 6.92 Å². The van der Waals surface area contributed by atoms with Crippen molar-refractivity contribution in [2.75, 3.05) is 12.4 Å². The molecule has 1 aromatic carbocycles. The van der Waals surface area contributed by atoms with Gasteiger partial charge in [0.25, 0.3) is 11.8 Å². The molecule has 0 saturated heterocycles. The van der Waals surface area contributed by atoms with Crippen LogP contribution in [-0.2, 0) is 0 Å². The van der Waals surface area contributed by atoms with Gasteiger partial charge < -0.3 is 10.6 Å². The van der Waals surface area contributed by atoms with Crippen molar-refractivity contribution < 1.29 is 9.59 Å². The Labute approximate surface area is 166 Å². The van der Waals surface area contributed by atoms with Crippen LogP contribution in [0.5, 0.6) is 0 Å². The molecule has 0 saturated carbocycles. The molecule has 0 spiro atoms. The molecule has 0 aliphatic rings. The summed E-state index contributed by atoms with van der Waals surface area (Å²) in [5, 5.41) is 6.17. The van der Waals surface area contributed by atoms with Crippen LogP contribution in [0, 0.1) is 6.92 Å². The number of pyridine rings is 1. The quantitative estimate of drug-likeness (QED) is 0.689. The predicted octanol–water partition coefficient (Wildman–Crippen LogP) is 4.10. The molecule has 2 aromatic heterocycles. The predicted molar refractivity (Wildman–Crippen MR) is 106 cm³/mol. The summed E-state index contributed by atoms with van der Waals surface area (Å²) in [5.74, 6) is -0.315. The van der Waals surface area contributed by atoms with Gasteiger partial charge in [0.1, 0.15) is 5.69 Å². The number of hydrogen-bond donors (Lipinski definition) is 2. The highest BCUT2D eigenvalue weighted by Gasteiger charge is 2.20. The van der Waals surface area contributed by atoms with Crippen LogP contribution in [0.2, 0.25) is 10.0 Å². The first-order valence-corrected chi connectivity index (χ1v) is 8.79. The summed E-state index contributed by atoms with van der Waals surface area (Å²) in [4.78, 5) is 29.3. The minimum Gasteiger partial charge on any atom is -0.355 e. The second-order valence-electron chi connectivity index (χ2n) is 5.75. The van der Waals surface area contributed by atoms with Crippen LogP contribution in [-0.4, -0.2) is 28.4 Å². The average Bonchev–Trinajstić information content (AvgIpc) is 3.13. The third kappa shape index (κ3) is 3.82. The van der Waals surface area contributed by atoms with Gasteiger partial charge in [-0.3, -0.25) is 14.2 Å². The Balaban J connectivity index is 2.00. The molecule has 2 amide bonds. The molecule has 3 aromatic rings. The van der Waals surface area contributed by atoms with E-state index in [4.69, 9.17) is 23.2 Å². The lowest BCUT2D eigenvalue weighted by Gasteiger charge is -2.15. The highest BCUT2D eigenvalue weighted by molar-refractivity contribution is 6.32. The summed E-state index contributed by atoms with van der Waals surface area (Å²) >= 11 is 12.3. The largest absolute Gasteiger partial charge is 0.355 e. The van der Waals surface area contributed by atoms with Crippen molar-refractivity contribution in [1.29, 1.82) is 0 Å². The SMILES string of the molecule is CNC(=O)c1cc(Cl)cc(C)c1NC(=O)c1cccn1-c1ncccc1Cl. The number of rotatable bonds is 4. The van der Waals surface area contributed by atoms with Crippen molar-refractivity contribution in [1.82, 2.24) is 14.9 Å². The Morgan fingerprint density at radius 2 is 1.89 bits per heavy atom. The number of anilines is 1. The lowest BCUT2D eigenvalue weighted by molar-refractivity contribution is 0.0964. The Kier molecular flexibility index (Phi) is 5.48. The molecule has 0 unspecified atom stereocenters. The fourth-order valence-corrected chi connectivity index (χ4v) is 3.19. The van der Waals surface area contributed by atoms with Gasteiger partial charge in [-0.15, -0.1) is 0 Å². The van der Waals surface area contributed by atoms with E-state index in [-0.39, 0.29) is 11.5 Å². The second kappa shape index (κ2) is 7.82. The standard InChI is InChI=1S/C19H16Cl2N4O2/c1-11-9-12(20)10-13(18(26)22-2)16(11)24-19(27)15-6-4-8-25(15)17-14(21)5-3-7-23-17/h3-10H,1-2H3,(H,22,26)(H,24,27). The fourth-order valence-electron chi connectivity index (χ4n) is 2.71. The van der Waals surface area contributed by atoms with Gasteiger partial charge in [0, 0.05) is 24.5 Å². The van der Waals surface area contributed by atoms with Gasteiger partial charge >= 0.3 is 0 Å². The van der Waals surface area contributed by atoms with E-state index < -0.39 is 5.91 Å². The minimum atomic E-state index is -0.405. The van der Waals surface area contributed by atoms with Gasteiger partial charge in [0.05, 0.1) is 16.3 Å². The molecular weight excluding hydrogens is 387 g/mol. The van der Waals surface area contributed by atoms with Crippen molar-refractivity contribution >= 4 is 40.7 Å². The number of halogens is 2. The van der Waals surface area contributed by atoms with Gasteiger partial charge in [-0.25, -0.2) is 4.98 Å². The van der Waals surface area contributed by atoms with Crippen LogP contribution in [0.15, 0.2) is 48.8 Å². The molecule has 0 fully saturated rings. The molecule has 2 heterocycles. The number of benzene rings is 1. The number of carbonyl (C=O) groups excluding carboxylic acids is 2. The zero-order chi connectivity index (χ0) is 19.6. The van der Waals surface area contributed by atoms with Crippen LogP contribution in [0.4, 0.5) is 5.69 Å². The summed E-state index contributed by atoms with van der Waals surface area (Å²) in [6.07, 6.45) is 3.29. The first-order valence-electron chi connectivity index (χ1n) is 8.04. The highest BCUT2D eigenvalue weighted by Crippen LogP contribution is 2.27. The number of aryl methyl sites for hydroxylation is 1. The minimum absolute atomic E-state index is 0.282. The number of nitrogens with one attached hydrogen (secondary N) is 2. The zero-order valence-corrected chi connectivity index (χ0v) is 16.1. The molecule has 0 aliphatic carbocycles. The molecular formula is C19H16Cl2N4O2. The normalized spacial score (nSPS) is 10.5. The average molecular weight is 403 g/mol. The van der Waals surface area contributed by atoms with Crippen LogP contribution in [0.3, 0.4) is 0 Å². The van der Waals surface area contributed by atoms with E-state index in [0.29, 0.717) is 32.8 Å². The smallest absolute Gasteiger partial charge is 0.272 e.